The molecule has 4 unspecified atom stereocenters. The van der Waals surface area contributed by atoms with Crippen LogP contribution in [0.5, 0.6) is 0 Å². The third-order valence-corrected chi connectivity index (χ3v) is 8.97. The van der Waals surface area contributed by atoms with Crippen LogP contribution in [0.4, 0.5) is 0 Å². The Morgan fingerprint density at radius 3 is 2.33 bits per heavy atom. The number of carboxylic acid groups (broad SMARTS) is 1. The Morgan fingerprint density at radius 1 is 0.911 bits per heavy atom. The summed E-state index contributed by atoms with van der Waals surface area (Å²) in [6, 6.07) is 28.7. The van der Waals surface area contributed by atoms with Crippen molar-refractivity contribution in [3.05, 3.63) is 125 Å². The van der Waals surface area contributed by atoms with Crippen LogP contribution in [0.1, 0.15) is 54.4 Å². The van der Waals surface area contributed by atoms with Gasteiger partial charge in [-0.25, -0.2) is 0 Å². The number of aliphatic hydroxyl groups is 1. The van der Waals surface area contributed by atoms with E-state index in [2.05, 4.69) is 12.2 Å². The quantitative estimate of drug-likeness (QED) is 0.106. The Balaban J connectivity index is 1.35. The molecule has 9 nitrogen and oxygen atoms in total. The van der Waals surface area contributed by atoms with Gasteiger partial charge in [0, 0.05) is 42.3 Å². The van der Waals surface area contributed by atoms with E-state index in [1.165, 1.54) is 18.0 Å². The molecule has 1 saturated heterocycles. The number of aromatic nitrogens is 1. The standard InChI is InChI=1S/C35H36N2O7S/c1-23-30(22-45-32-8-4-5-19-37(32)42)43-35(44-34(23)26-11-9-24(21-38)10-12-26)27-15-13-25(14-16-27)29-7-3-2-6-28(29)20-36-31(39)17-18-33(40)41/h2-16,19,23,30,34-35,38H,17-18,20-22H2,1H3,(H,36,39)(H,40,41). The molecule has 0 radical (unpaired) electrons. The zero-order chi connectivity index (χ0) is 31.8. The maximum Gasteiger partial charge on any atom is 0.303 e. The number of carbonyl (C=O) groups excluding carboxylic acids is 1. The molecule has 1 amide bonds. The molecule has 0 bridgehead atoms. The van der Waals surface area contributed by atoms with Gasteiger partial charge in [0.1, 0.15) is 0 Å². The first kappa shape index (κ1) is 32.2. The molecule has 2 heterocycles. The second kappa shape index (κ2) is 15.2. The summed E-state index contributed by atoms with van der Waals surface area (Å²) in [6.45, 7) is 2.33. The van der Waals surface area contributed by atoms with Crippen molar-refractivity contribution in [3.8, 4) is 11.1 Å². The van der Waals surface area contributed by atoms with E-state index >= 15 is 0 Å². The number of hydrogen-bond acceptors (Lipinski definition) is 7. The lowest BCUT2D eigenvalue weighted by atomic mass is 9.91. The summed E-state index contributed by atoms with van der Waals surface area (Å²) in [5.74, 6) is -0.778. The van der Waals surface area contributed by atoms with E-state index in [4.69, 9.17) is 14.6 Å². The minimum Gasteiger partial charge on any atom is -0.618 e. The fraction of sp³-hybridized carbons (Fsp3) is 0.286. The van der Waals surface area contributed by atoms with Gasteiger partial charge in [-0.1, -0.05) is 91.5 Å². The Kier molecular flexibility index (Phi) is 10.9. The third-order valence-electron chi connectivity index (χ3n) is 7.86. The van der Waals surface area contributed by atoms with Gasteiger partial charge in [-0.3, -0.25) is 9.59 Å². The highest BCUT2D eigenvalue weighted by molar-refractivity contribution is 7.99. The summed E-state index contributed by atoms with van der Waals surface area (Å²) in [7, 11) is 0. The lowest BCUT2D eigenvalue weighted by Crippen LogP contribution is -2.39. The minimum absolute atomic E-state index is 0.0191. The van der Waals surface area contributed by atoms with Crippen LogP contribution in [0.25, 0.3) is 11.1 Å². The summed E-state index contributed by atoms with van der Waals surface area (Å²) in [6.07, 6.45) is 0.0582. The summed E-state index contributed by atoms with van der Waals surface area (Å²) in [4.78, 5) is 22.9. The fourth-order valence-electron chi connectivity index (χ4n) is 5.28. The van der Waals surface area contributed by atoms with E-state index in [9.17, 15) is 19.9 Å². The highest BCUT2D eigenvalue weighted by Crippen LogP contribution is 2.43. The maximum atomic E-state index is 12.3. The first-order valence-electron chi connectivity index (χ1n) is 14.8. The van der Waals surface area contributed by atoms with Crippen LogP contribution in [-0.2, 0) is 32.2 Å². The smallest absolute Gasteiger partial charge is 0.303 e. The summed E-state index contributed by atoms with van der Waals surface area (Å²) in [5, 5.41) is 34.0. The highest BCUT2D eigenvalue weighted by Gasteiger charge is 2.38. The Bertz CT molecular complexity index is 1600. The molecule has 0 aliphatic carbocycles. The molecule has 5 rings (SSSR count). The molecule has 1 aromatic heterocycles. The number of amides is 1. The number of benzene rings is 3. The predicted molar refractivity (Wildman–Crippen MR) is 170 cm³/mol. The van der Waals surface area contributed by atoms with Crippen LogP contribution < -0.4 is 10.0 Å². The van der Waals surface area contributed by atoms with Crippen molar-refractivity contribution in [3.63, 3.8) is 0 Å². The van der Waals surface area contributed by atoms with Crippen LogP contribution in [0.2, 0.25) is 0 Å². The van der Waals surface area contributed by atoms with Gasteiger partial charge in [0.25, 0.3) is 5.03 Å². The van der Waals surface area contributed by atoms with E-state index in [1.54, 1.807) is 12.1 Å². The first-order valence-corrected chi connectivity index (χ1v) is 15.8. The van der Waals surface area contributed by atoms with Crippen LogP contribution in [-0.4, -0.2) is 33.9 Å². The fourth-order valence-corrected chi connectivity index (χ4v) is 6.36. The molecule has 0 saturated carbocycles. The maximum absolute atomic E-state index is 12.3. The Labute approximate surface area is 266 Å². The van der Waals surface area contributed by atoms with Crippen molar-refractivity contribution in [2.45, 2.75) is 56.4 Å². The normalized spacial score (nSPS) is 19.6. The molecule has 1 aliphatic rings. The molecule has 234 valence electrons. The van der Waals surface area contributed by atoms with E-state index in [0.717, 1.165) is 38.1 Å². The van der Waals surface area contributed by atoms with Gasteiger partial charge < -0.3 is 30.2 Å². The second-order valence-corrected chi connectivity index (χ2v) is 12.0. The Hall–Kier alpha value is -4.22. The molecule has 3 aromatic carbocycles. The number of ether oxygens (including phenoxy) is 2. The average molecular weight is 629 g/mol. The molecule has 45 heavy (non-hydrogen) atoms. The van der Waals surface area contributed by atoms with Crippen molar-refractivity contribution in [1.82, 2.24) is 5.32 Å². The molecule has 4 atom stereocenters. The molecule has 1 aliphatic heterocycles. The lowest BCUT2D eigenvalue weighted by molar-refractivity contribution is -0.645. The van der Waals surface area contributed by atoms with Gasteiger partial charge in [-0.05, 0) is 33.9 Å². The van der Waals surface area contributed by atoms with Gasteiger partial charge in [-0.2, -0.15) is 4.73 Å². The number of thioether (sulfide) groups is 1. The number of hydrogen-bond donors (Lipinski definition) is 3. The molecular weight excluding hydrogens is 592 g/mol. The van der Waals surface area contributed by atoms with Crippen molar-refractivity contribution >= 4 is 23.6 Å². The molecular formula is C35H36N2O7S. The number of pyridine rings is 1. The third kappa shape index (κ3) is 8.29. The zero-order valence-electron chi connectivity index (χ0n) is 24.9. The first-order chi connectivity index (χ1) is 21.8. The monoisotopic (exact) mass is 628 g/mol. The van der Waals surface area contributed by atoms with Crippen LogP contribution in [0, 0.1) is 11.1 Å². The zero-order valence-corrected chi connectivity index (χ0v) is 25.7. The summed E-state index contributed by atoms with van der Waals surface area (Å²) < 4.78 is 14.0. The van der Waals surface area contributed by atoms with Gasteiger partial charge in [0.05, 0.1) is 25.2 Å². The average Bonchev–Trinajstić information content (AvgIpc) is 3.07. The van der Waals surface area contributed by atoms with Gasteiger partial charge in [0.15, 0.2) is 12.5 Å². The number of rotatable bonds is 12. The van der Waals surface area contributed by atoms with E-state index in [1.807, 2.05) is 78.9 Å². The van der Waals surface area contributed by atoms with Crippen LogP contribution >= 0.6 is 11.8 Å². The lowest BCUT2D eigenvalue weighted by Gasteiger charge is -2.41. The number of aliphatic hydroxyl groups excluding tert-OH is 1. The van der Waals surface area contributed by atoms with E-state index in [-0.39, 0.29) is 50.0 Å². The predicted octanol–water partition coefficient (Wildman–Crippen LogP) is 5.54. The summed E-state index contributed by atoms with van der Waals surface area (Å²) >= 11 is 1.45. The minimum atomic E-state index is -1.01. The summed E-state index contributed by atoms with van der Waals surface area (Å²) in [5.41, 5.74) is 5.46. The molecule has 1 fully saturated rings. The topological polar surface area (TPSA) is 132 Å². The van der Waals surface area contributed by atoms with Crippen molar-refractivity contribution in [2.24, 2.45) is 5.92 Å². The SMILES string of the molecule is CC1C(CSc2cccc[n+]2[O-])OC(c2ccc(-c3ccccc3CNC(=O)CCC(=O)O)cc2)OC1c1ccc(CO)cc1. The number of carboxylic acids is 1. The van der Waals surface area contributed by atoms with Crippen LogP contribution in [0.15, 0.2) is 102 Å². The number of aliphatic carboxylic acids is 1. The highest BCUT2D eigenvalue weighted by atomic mass is 32.2. The van der Waals surface area contributed by atoms with E-state index < -0.39 is 12.3 Å². The Morgan fingerprint density at radius 2 is 1.62 bits per heavy atom. The molecule has 4 aromatic rings. The molecule has 3 N–H and O–H groups in total. The van der Waals surface area contributed by atoms with Crippen molar-refractivity contribution in [2.75, 3.05) is 5.75 Å². The largest absolute Gasteiger partial charge is 0.618 e. The second-order valence-electron chi connectivity index (χ2n) is 10.9. The van der Waals surface area contributed by atoms with Gasteiger partial charge in [0.2, 0.25) is 5.91 Å². The number of carbonyl (C=O) groups is 2. The number of nitrogens with zero attached hydrogens (tertiary/aromatic N) is 1. The van der Waals surface area contributed by atoms with Gasteiger partial charge >= 0.3 is 5.97 Å². The van der Waals surface area contributed by atoms with Crippen molar-refractivity contribution < 1.29 is 34.0 Å². The van der Waals surface area contributed by atoms with Crippen molar-refractivity contribution in [1.29, 1.82) is 0 Å². The molecule has 10 heteroatoms. The van der Waals surface area contributed by atoms with E-state index in [0.29, 0.717) is 10.8 Å². The number of nitrogens with one attached hydrogen (secondary N) is 1. The molecule has 0 spiro atoms. The van der Waals surface area contributed by atoms with Crippen LogP contribution in [0.3, 0.4) is 0 Å². The van der Waals surface area contributed by atoms with Gasteiger partial charge in [-0.15, -0.1) is 0 Å².